The summed E-state index contributed by atoms with van der Waals surface area (Å²) < 4.78 is 32.7. The van der Waals surface area contributed by atoms with Gasteiger partial charge in [-0.2, -0.15) is 13.2 Å². The second-order valence-electron chi connectivity index (χ2n) is 5.83. The van der Waals surface area contributed by atoms with Gasteiger partial charge in [0.05, 0.1) is 10.2 Å². The van der Waals surface area contributed by atoms with Crippen LogP contribution in [0.15, 0.2) is 48.5 Å². The van der Waals surface area contributed by atoms with Crippen molar-refractivity contribution in [3.8, 4) is 0 Å². The van der Waals surface area contributed by atoms with Crippen LogP contribution in [0.2, 0.25) is 0 Å². The number of carboxylic acids is 2. The lowest BCUT2D eigenvalue weighted by Crippen LogP contribution is -2.21. The van der Waals surface area contributed by atoms with Crippen LogP contribution in [-0.4, -0.2) is 39.2 Å². The molecule has 0 unspecified atom stereocenters. The summed E-state index contributed by atoms with van der Waals surface area (Å²) in [5.74, 6) is -4.22. The summed E-state index contributed by atoms with van der Waals surface area (Å²) >= 11 is 1.33. The summed E-state index contributed by atoms with van der Waals surface area (Å²) in [4.78, 5) is 34.3. The van der Waals surface area contributed by atoms with E-state index in [0.717, 1.165) is 15.8 Å². The number of aliphatic carboxylic acids is 2. The Balaban J connectivity index is 0.000000245. The molecule has 1 aromatic heterocycles. The van der Waals surface area contributed by atoms with Crippen LogP contribution in [0.25, 0.3) is 10.2 Å². The summed E-state index contributed by atoms with van der Waals surface area (Å²) in [6.07, 6.45) is -5.08. The largest absolute Gasteiger partial charge is 0.490 e. The SMILES string of the molecule is Cc1cccc2sc(C(N)=O)nc12.N[C@H](C(=O)O)c1ccccc1.O=C(O)C(F)(F)F. The van der Waals surface area contributed by atoms with Gasteiger partial charge in [-0.25, -0.2) is 9.78 Å². The first-order valence-corrected chi connectivity index (χ1v) is 9.15. The van der Waals surface area contributed by atoms with E-state index in [2.05, 4.69) is 4.98 Å². The Bertz CT molecular complexity index is 1050. The molecule has 1 heterocycles. The number of para-hydroxylation sites is 1. The third-order valence-electron chi connectivity index (χ3n) is 3.50. The van der Waals surface area contributed by atoms with Gasteiger partial charge in [0.2, 0.25) is 0 Å². The zero-order chi connectivity index (χ0) is 23.8. The van der Waals surface area contributed by atoms with Crippen LogP contribution in [-0.2, 0) is 9.59 Å². The van der Waals surface area contributed by atoms with Crippen LogP contribution in [0.3, 0.4) is 0 Å². The van der Waals surface area contributed by atoms with Crippen LogP contribution in [0.5, 0.6) is 0 Å². The Kier molecular flexibility index (Phi) is 9.09. The smallest absolute Gasteiger partial charge is 0.480 e. The minimum atomic E-state index is -5.08. The molecule has 31 heavy (non-hydrogen) atoms. The maximum atomic E-state index is 10.9. The van der Waals surface area contributed by atoms with Gasteiger partial charge in [-0.1, -0.05) is 42.5 Å². The van der Waals surface area contributed by atoms with E-state index in [1.807, 2.05) is 31.2 Å². The zero-order valence-corrected chi connectivity index (χ0v) is 16.8. The molecule has 0 aliphatic rings. The van der Waals surface area contributed by atoms with Crippen molar-refractivity contribution < 1.29 is 37.8 Å². The molecule has 2 aromatic carbocycles. The summed E-state index contributed by atoms with van der Waals surface area (Å²) in [6.45, 7) is 1.97. The standard InChI is InChI=1S/C9H8N2OS.C8H9NO2.C2HF3O2/c1-5-3-2-4-6-7(5)11-9(13-6)8(10)12;9-7(8(10)11)6-4-2-1-3-5-6;3-2(4,5)1(6)7/h2-4H,1H3,(H2,10,12);1-5,7H,9H2,(H,10,11);(H,6,7)/t;7-;/m.0./s1. The fourth-order valence-electron chi connectivity index (χ4n) is 1.99. The molecule has 0 spiro atoms. The molecule has 0 radical (unpaired) electrons. The van der Waals surface area contributed by atoms with Crippen LogP contribution in [0.1, 0.15) is 27.0 Å². The minimum absolute atomic E-state index is 0.379. The molecule has 1 atom stereocenters. The van der Waals surface area contributed by atoms with Crippen LogP contribution in [0.4, 0.5) is 13.2 Å². The lowest BCUT2D eigenvalue weighted by atomic mass is 10.1. The Labute approximate surface area is 177 Å². The Morgan fingerprint density at radius 3 is 2.00 bits per heavy atom. The third-order valence-corrected chi connectivity index (χ3v) is 4.53. The van der Waals surface area contributed by atoms with Crippen molar-refractivity contribution >= 4 is 39.4 Å². The molecular formula is C19H18F3N3O5S. The van der Waals surface area contributed by atoms with E-state index in [1.54, 1.807) is 24.3 Å². The highest BCUT2D eigenvalue weighted by molar-refractivity contribution is 7.20. The van der Waals surface area contributed by atoms with Gasteiger partial charge in [0.25, 0.3) is 5.91 Å². The third kappa shape index (κ3) is 8.03. The summed E-state index contributed by atoms with van der Waals surface area (Å²) in [6, 6.07) is 13.7. The molecule has 6 N–H and O–H groups in total. The first kappa shape index (κ1) is 25.5. The number of fused-ring (bicyclic) bond motifs is 1. The fraction of sp³-hybridized carbons (Fsp3) is 0.158. The second kappa shape index (κ2) is 11.0. The van der Waals surface area contributed by atoms with Gasteiger partial charge in [0.1, 0.15) is 6.04 Å². The highest BCUT2D eigenvalue weighted by Crippen LogP contribution is 2.23. The van der Waals surface area contributed by atoms with Gasteiger partial charge < -0.3 is 21.7 Å². The number of nitrogens with two attached hydrogens (primary N) is 2. The molecule has 12 heteroatoms. The van der Waals surface area contributed by atoms with Crippen LogP contribution in [0, 0.1) is 6.92 Å². The number of thiazole rings is 1. The summed E-state index contributed by atoms with van der Waals surface area (Å²) in [5.41, 5.74) is 13.0. The normalized spacial score (nSPS) is 11.4. The van der Waals surface area contributed by atoms with E-state index in [-0.39, 0.29) is 0 Å². The number of hydrogen-bond acceptors (Lipinski definition) is 6. The number of aryl methyl sites for hydroxylation is 1. The number of hydrogen-bond donors (Lipinski definition) is 4. The summed E-state index contributed by atoms with van der Waals surface area (Å²) in [7, 11) is 0. The molecule has 0 fully saturated rings. The number of alkyl halides is 3. The number of benzene rings is 2. The molecule has 0 aliphatic carbocycles. The Hall–Kier alpha value is -3.51. The molecule has 3 aromatic rings. The van der Waals surface area contributed by atoms with Gasteiger partial charge in [0.15, 0.2) is 5.01 Å². The number of aromatic nitrogens is 1. The number of carbonyl (C=O) groups is 3. The van der Waals surface area contributed by atoms with Gasteiger partial charge in [-0.15, -0.1) is 11.3 Å². The van der Waals surface area contributed by atoms with Crippen molar-refractivity contribution in [3.63, 3.8) is 0 Å². The molecule has 0 aliphatic heterocycles. The number of primary amides is 1. The number of nitrogens with zero attached hydrogens (tertiary/aromatic N) is 1. The minimum Gasteiger partial charge on any atom is -0.480 e. The molecule has 0 bridgehead atoms. The van der Waals surface area contributed by atoms with E-state index in [4.69, 9.17) is 26.5 Å². The topological polar surface area (TPSA) is 157 Å². The maximum absolute atomic E-state index is 10.9. The highest BCUT2D eigenvalue weighted by Gasteiger charge is 2.38. The van der Waals surface area contributed by atoms with Crippen LogP contribution < -0.4 is 11.5 Å². The molecule has 1 amide bonds. The fourth-order valence-corrected chi connectivity index (χ4v) is 2.89. The van der Waals surface area contributed by atoms with E-state index < -0.39 is 30.1 Å². The first-order chi connectivity index (χ1) is 14.3. The van der Waals surface area contributed by atoms with Crippen molar-refractivity contribution in [2.45, 2.75) is 19.1 Å². The van der Waals surface area contributed by atoms with Gasteiger partial charge in [-0.3, -0.25) is 9.59 Å². The monoisotopic (exact) mass is 457 g/mol. The maximum Gasteiger partial charge on any atom is 0.490 e. The average molecular weight is 457 g/mol. The van der Waals surface area contributed by atoms with E-state index in [9.17, 15) is 22.8 Å². The van der Waals surface area contributed by atoms with Crippen molar-refractivity contribution in [1.29, 1.82) is 0 Å². The molecule has 0 saturated carbocycles. The number of halogens is 3. The lowest BCUT2D eigenvalue weighted by molar-refractivity contribution is -0.192. The number of carbonyl (C=O) groups excluding carboxylic acids is 1. The lowest BCUT2D eigenvalue weighted by Gasteiger charge is -2.04. The van der Waals surface area contributed by atoms with Gasteiger partial charge in [0, 0.05) is 0 Å². The van der Waals surface area contributed by atoms with Gasteiger partial charge in [-0.05, 0) is 24.1 Å². The van der Waals surface area contributed by atoms with Crippen molar-refractivity contribution in [1.82, 2.24) is 4.98 Å². The van der Waals surface area contributed by atoms with Crippen molar-refractivity contribution in [2.24, 2.45) is 11.5 Å². The molecular weight excluding hydrogens is 439 g/mol. The second-order valence-corrected chi connectivity index (χ2v) is 6.87. The molecule has 8 nitrogen and oxygen atoms in total. The van der Waals surface area contributed by atoms with Crippen LogP contribution >= 0.6 is 11.3 Å². The molecule has 0 saturated heterocycles. The number of rotatable bonds is 3. The molecule has 166 valence electrons. The zero-order valence-electron chi connectivity index (χ0n) is 16.0. The molecule has 3 rings (SSSR count). The average Bonchev–Trinajstić information content (AvgIpc) is 3.14. The highest BCUT2D eigenvalue weighted by atomic mass is 32.1. The predicted molar refractivity (Wildman–Crippen MR) is 108 cm³/mol. The summed E-state index contributed by atoms with van der Waals surface area (Å²) in [5, 5.41) is 16.0. The number of carboxylic acid groups (broad SMARTS) is 2. The van der Waals surface area contributed by atoms with E-state index in [1.165, 1.54) is 11.3 Å². The van der Waals surface area contributed by atoms with Gasteiger partial charge >= 0.3 is 18.1 Å². The number of amides is 1. The van der Waals surface area contributed by atoms with Crippen molar-refractivity contribution in [2.75, 3.05) is 0 Å². The van der Waals surface area contributed by atoms with E-state index in [0.29, 0.717) is 10.6 Å². The predicted octanol–water partition coefficient (Wildman–Crippen LogP) is 3.11. The Morgan fingerprint density at radius 1 is 1.03 bits per heavy atom. The first-order valence-electron chi connectivity index (χ1n) is 8.34. The quantitative estimate of drug-likeness (QED) is 0.471. The van der Waals surface area contributed by atoms with E-state index >= 15 is 0 Å². The Morgan fingerprint density at radius 2 is 1.58 bits per heavy atom. The van der Waals surface area contributed by atoms with Crippen molar-refractivity contribution in [3.05, 3.63) is 64.7 Å².